The Balaban J connectivity index is 2.02. The lowest BCUT2D eigenvalue weighted by Gasteiger charge is -2.04. The second kappa shape index (κ2) is 8.62. The molecule has 0 spiro atoms. The number of hydrogen-bond acceptors (Lipinski definition) is 6. The summed E-state index contributed by atoms with van der Waals surface area (Å²) in [5.74, 6) is 4.64. The van der Waals surface area contributed by atoms with E-state index in [1.165, 1.54) is 25.5 Å². The van der Waals surface area contributed by atoms with Gasteiger partial charge in [-0.3, -0.25) is 4.79 Å². The third kappa shape index (κ3) is 5.16. The topological polar surface area (TPSA) is 102 Å². The molecule has 136 valence electrons. The summed E-state index contributed by atoms with van der Waals surface area (Å²) in [6.07, 6.45) is 0. The molecule has 1 aromatic heterocycles. The van der Waals surface area contributed by atoms with E-state index >= 15 is 0 Å². The van der Waals surface area contributed by atoms with Crippen LogP contribution in [0.2, 0.25) is 0 Å². The minimum Gasteiger partial charge on any atom is -0.465 e. The van der Waals surface area contributed by atoms with Crippen molar-refractivity contribution >= 4 is 38.9 Å². The molecule has 0 atom stereocenters. The smallest absolute Gasteiger partial charge is 0.349 e. The molecule has 2 N–H and O–H groups in total. The molecule has 0 aliphatic heterocycles. The highest BCUT2D eigenvalue weighted by atomic mass is 32.2. The van der Waals surface area contributed by atoms with Crippen LogP contribution >= 0.6 is 11.3 Å². The zero-order valence-electron chi connectivity index (χ0n) is 14.0. The lowest BCUT2D eigenvalue weighted by atomic mass is 10.2. The number of thiophene rings is 1. The van der Waals surface area contributed by atoms with Crippen molar-refractivity contribution in [1.82, 2.24) is 4.72 Å². The predicted octanol–water partition coefficient (Wildman–Crippen LogP) is 1.82. The van der Waals surface area contributed by atoms with Crippen molar-refractivity contribution in [2.75, 3.05) is 19.0 Å². The van der Waals surface area contributed by atoms with Gasteiger partial charge in [0.05, 0.1) is 13.7 Å². The molecule has 0 saturated carbocycles. The van der Waals surface area contributed by atoms with Gasteiger partial charge in [-0.05, 0) is 35.7 Å². The Labute approximate surface area is 155 Å². The molecule has 0 aliphatic carbocycles. The van der Waals surface area contributed by atoms with Crippen molar-refractivity contribution < 1.29 is 22.7 Å². The first kappa shape index (κ1) is 19.7. The SMILES string of the molecule is COC(=O)c1sccc1S(=O)(=O)NCC#Cc1ccc(NC(C)=O)cc1. The second-order valence-corrected chi connectivity index (χ2v) is 7.64. The third-order valence-electron chi connectivity index (χ3n) is 3.08. The summed E-state index contributed by atoms with van der Waals surface area (Å²) in [5, 5.41) is 4.14. The number of esters is 1. The van der Waals surface area contributed by atoms with Gasteiger partial charge in [0.1, 0.15) is 9.77 Å². The average Bonchev–Trinajstić information content (AvgIpc) is 3.10. The van der Waals surface area contributed by atoms with Crippen molar-refractivity contribution in [3.8, 4) is 11.8 Å². The zero-order chi connectivity index (χ0) is 19.2. The van der Waals surface area contributed by atoms with E-state index in [2.05, 4.69) is 26.6 Å². The van der Waals surface area contributed by atoms with Crippen LogP contribution in [0, 0.1) is 11.8 Å². The normalized spacial score (nSPS) is 10.5. The van der Waals surface area contributed by atoms with Gasteiger partial charge in [0, 0.05) is 18.2 Å². The average molecular weight is 392 g/mol. The number of methoxy groups -OCH3 is 1. The molecule has 9 heteroatoms. The summed E-state index contributed by atoms with van der Waals surface area (Å²) < 4.78 is 31.4. The van der Waals surface area contributed by atoms with Crippen LogP contribution in [0.4, 0.5) is 5.69 Å². The van der Waals surface area contributed by atoms with Crippen LogP contribution in [-0.2, 0) is 19.6 Å². The highest BCUT2D eigenvalue weighted by Gasteiger charge is 2.23. The Hall–Kier alpha value is -2.67. The highest BCUT2D eigenvalue weighted by molar-refractivity contribution is 7.89. The Morgan fingerprint density at radius 2 is 1.88 bits per heavy atom. The van der Waals surface area contributed by atoms with Crippen LogP contribution < -0.4 is 10.0 Å². The Morgan fingerprint density at radius 1 is 1.19 bits per heavy atom. The number of rotatable bonds is 5. The van der Waals surface area contributed by atoms with Gasteiger partial charge >= 0.3 is 5.97 Å². The standard InChI is InChI=1S/C17H16N2O5S2/c1-12(20)19-14-7-5-13(6-8-14)4-3-10-18-26(22,23)15-9-11-25-16(15)17(21)24-2/h5-9,11,18H,10H2,1-2H3,(H,19,20). The van der Waals surface area contributed by atoms with E-state index in [0.717, 1.165) is 11.3 Å². The van der Waals surface area contributed by atoms with E-state index in [4.69, 9.17) is 0 Å². The summed E-state index contributed by atoms with van der Waals surface area (Å²) in [6.45, 7) is 1.30. The van der Waals surface area contributed by atoms with Gasteiger partial charge in [-0.15, -0.1) is 11.3 Å². The van der Waals surface area contributed by atoms with Crippen LogP contribution in [0.5, 0.6) is 0 Å². The number of carbonyl (C=O) groups is 2. The van der Waals surface area contributed by atoms with E-state index in [1.807, 2.05) is 0 Å². The van der Waals surface area contributed by atoms with Gasteiger partial charge in [0.25, 0.3) is 0 Å². The maximum Gasteiger partial charge on any atom is 0.349 e. The second-order valence-electron chi connectivity index (χ2n) is 4.99. The van der Waals surface area contributed by atoms with Gasteiger partial charge < -0.3 is 10.1 Å². The molecule has 0 unspecified atom stereocenters. The lowest BCUT2D eigenvalue weighted by Crippen LogP contribution is -2.25. The molecule has 0 radical (unpaired) electrons. The number of amides is 1. The number of carbonyl (C=O) groups excluding carboxylic acids is 2. The molecule has 2 rings (SSSR count). The van der Waals surface area contributed by atoms with E-state index < -0.39 is 16.0 Å². The monoisotopic (exact) mass is 392 g/mol. The van der Waals surface area contributed by atoms with E-state index in [-0.39, 0.29) is 22.2 Å². The number of hydrogen-bond donors (Lipinski definition) is 2. The quantitative estimate of drug-likeness (QED) is 0.597. The van der Waals surface area contributed by atoms with Gasteiger partial charge in [0.15, 0.2) is 0 Å². The Kier molecular flexibility index (Phi) is 6.52. The first-order valence-corrected chi connectivity index (χ1v) is 9.72. The molecule has 1 aromatic carbocycles. The van der Waals surface area contributed by atoms with Crippen molar-refractivity contribution in [3.05, 3.63) is 46.2 Å². The fraction of sp³-hybridized carbons (Fsp3) is 0.176. The molecule has 1 amide bonds. The Bertz CT molecular complexity index is 967. The molecule has 0 bridgehead atoms. The lowest BCUT2D eigenvalue weighted by molar-refractivity contribution is -0.114. The maximum atomic E-state index is 12.3. The fourth-order valence-corrected chi connectivity index (χ4v) is 4.20. The fourth-order valence-electron chi connectivity index (χ4n) is 1.95. The molecule has 2 aromatic rings. The summed E-state index contributed by atoms with van der Waals surface area (Å²) in [5.41, 5.74) is 1.32. The largest absolute Gasteiger partial charge is 0.465 e. The third-order valence-corrected chi connectivity index (χ3v) is 5.55. The van der Waals surface area contributed by atoms with Crippen molar-refractivity contribution in [1.29, 1.82) is 0 Å². The Morgan fingerprint density at radius 3 is 2.50 bits per heavy atom. The number of sulfonamides is 1. The zero-order valence-corrected chi connectivity index (χ0v) is 15.7. The minimum absolute atomic E-state index is 0.0153. The maximum absolute atomic E-state index is 12.3. The molecule has 0 fully saturated rings. The molecular formula is C17H16N2O5S2. The highest BCUT2D eigenvalue weighted by Crippen LogP contribution is 2.22. The van der Waals surface area contributed by atoms with Crippen molar-refractivity contribution in [3.63, 3.8) is 0 Å². The van der Waals surface area contributed by atoms with Gasteiger partial charge in [-0.2, -0.15) is 4.72 Å². The number of benzene rings is 1. The summed E-state index contributed by atoms with van der Waals surface area (Å²) in [4.78, 5) is 22.4. The number of nitrogens with one attached hydrogen (secondary N) is 2. The van der Waals surface area contributed by atoms with Gasteiger partial charge in [-0.25, -0.2) is 13.2 Å². The van der Waals surface area contributed by atoms with Gasteiger partial charge in [0.2, 0.25) is 15.9 Å². The summed E-state index contributed by atoms with van der Waals surface area (Å²) in [6, 6.07) is 8.16. The van der Waals surface area contributed by atoms with E-state index in [1.54, 1.807) is 24.3 Å². The van der Waals surface area contributed by atoms with Crippen LogP contribution in [0.1, 0.15) is 22.2 Å². The predicted molar refractivity (Wildman–Crippen MR) is 98.5 cm³/mol. The van der Waals surface area contributed by atoms with E-state index in [0.29, 0.717) is 11.3 Å². The molecule has 26 heavy (non-hydrogen) atoms. The first-order chi connectivity index (χ1) is 12.3. The summed E-state index contributed by atoms with van der Waals surface area (Å²) in [7, 11) is -2.68. The van der Waals surface area contributed by atoms with Crippen LogP contribution in [0.3, 0.4) is 0 Å². The number of ether oxygens (including phenoxy) is 1. The molecule has 0 saturated heterocycles. The summed E-state index contributed by atoms with van der Waals surface area (Å²) >= 11 is 0.991. The van der Waals surface area contributed by atoms with Crippen LogP contribution in [0.25, 0.3) is 0 Å². The van der Waals surface area contributed by atoms with Crippen LogP contribution in [0.15, 0.2) is 40.6 Å². The molecule has 7 nitrogen and oxygen atoms in total. The van der Waals surface area contributed by atoms with Crippen molar-refractivity contribution in [2.45, 2.75) is 11.8 Å². The first-order valence-electron chi connectivity index (χ1n) is 7.35. The molecule has 0 aliphatic rings. The molecular weight excluding hydrogens is 376 g/mol. The van der Waals surface area contributed by atoms with Crippen LogP contribution in [-0.4, -0.2) is 33.9 Å². The van der Waals surface area contributed by atoms with Crippen molar-refractivity contribution in [2.24, 2.45) is 0 Å². The molecule has 1 heterocycles. The number of anilines is 1. The van der Waals surface area contributed by atoms with E-state index in [9.17, 15) is 18.0 Å². The minimum atomic E-state index is -3.87. The van der Waals surface area contributed by atoms with Gasteiger partial charge in [-0.1, -0.05) is 11.8 Å².